The van der Waals surface area contributed by atoms with Crippen molar-refractivity contribution in [2.24, 2.45) is 0 Å². The molecule has 0 amide bonds. The van der Waals surface area contributed by atoms with E-state index in [0.717, 1.165) is 38.3 Å². The fraction of sp³-hybridized carbons (Fsp3) is 0.0909. The number of hydrogen-bond acceptors (Lipinski definition) is 3. The van der Waals surface area contributed by atoms with Crippen LogP contribution in [0.25, 0.3) is 22.3 Å². The van der Waals surface area contributed by atoms with E-state index in [0.29, 0.717) is 0 Å². The summed E-state index contributed by atoms with van der Waals surface area (Å²) >= 11 is 3.59. The van der Waals surface area contributed by atoms with Gasteiger partial charge in [0.2, 0.25) is 0 Å². The number of benzene rings is 3. The van der Waals surface area contributed by atoms with Crippen molar-refractivity contribution in [1.82, 2.24) is 9.97 Å². The molecule has 0 unspecified atom stereocenters. The van der Waals surface area contributed by atoms with Crippen LogP contribution < -0.4 is 5.32 Å². The molecule has 4 aromatic rings. The van der Waals surface area contributed by atoms with Crippen molar-refractivity contribution >= 4 is 38.3 Å². The number of anilines is 2. The number of aryl methyl sites for hydroxylation is 2. The number of nitrogens with zero attached hydrogens (tertiary/aromatic N) is 2. The van der Waals surface area contributed by atoms with Gasteiger partial charge in [0, 0.05) is 21.1 Å². The first-order chi connectivity index (χ1) is 12.6. The molecule has 0 bridgehead atoms. The van der Waals surface area contributed by atoms with E-state index < -0.39 is 0 Å². The highest BCUT2D eigenvalue weighted by Gasteiger charge is 2.10. The Morgan fingerprint density at radius 2 is 1.62 bits per heavy atom. The standard InChI is InChI=1S/C22H18BrN3/c1-14-7-10-16(11-8-14)21-25-20-6-4-3-5-18(20)22(26-21)24-17-12-9-15(2)19(23)13-17/h3-13H,1-2H3,(H,24,25,26). The molecule has 3 nitrogen and oxygen atoms in total. The fourth-order valence-corrected chi connectivity index (χ4v) is 3.19. The van der Waals surface area contributed by atoms with Crippen LogP contribution >= 0.6 is 15.9 Å². The van der Waals surface area contributed by atoms with E-state index in [1.165, 1.54) is 11.1 Å². The lowest BCUT2D eigenvalue weighted by molar-refractivity contribution is 1.22. The minimum atomic E-state index is 0.720. The van der Waals surface area contributed by atoms with Gasteiger partial charge in [-0.2, -0.15) is 0 Å². The van der Waals surface area contributed by atoms with E-state index in [2.05, 4.69) is 77.6 Å². The SMILES string of the molecule is Cc1ccc(-c2nc(Nc3ccc(C)c(Br)c3)c3ccccc3n2)cc1. The number of nitrogens with one attached hydrogen (secondary N) is 1. The van der Waals surface area contributed by atoms with Crippen LogP contribution in [0.2, 0.25) is 0 Å². The molecule has 1 aromatic heterocycles. The molecule has 0 aliphatic heterocycles. The predicted octanol–water partition coefficient (Wildman–Crippen LogP) is 6.42. The van der Waals surface area contributed by atoms with Gasteiger partial charge in [0.1, 0.15) is 5.82 Å². The highest BCUT2D eigenvalue weighted by atomic mass is 79.9. The zero-order valence-corrected chi connectivity index (χ0v) is 16.2. The summed E-state index contributed by atoms with van der Waals surface area (Å²) in [4.78, 5) is 9.56. The lowest BCUT2D eigenvalue weighted by atomic mass is 10.1. The van der Waals surface area contributed by atoms with Gasteiger partial charge in [-0.05, 0) is 43.7 Å². The second-order valence-electron chi connectivity index (χ2n) is 6.37. The Bertz CT molecular complexity index is 1090. The third-order valence-electron chi connectivity index (χ3n) is 4.35. The molecule has 26 heavy (non-hydrogen) atoms. The van der Waals surface area contributed by atoms with Crippen LogP contribution in [-0.4, -0.2) is 9.97 Å². The normalized spacial score (nSPS) is 10.9. The quantitative estimate of drug-likeness (QED) is 0.428. The smallest absolute Gasteiger partial charge is 0.162 e. The van der Waals surface area contributed by atoms with E-state index in [4.69, 9.17) is 9.97 Å². The first kappa shape index (κ1) is 16.7. The Labute approximate surface area is 161 Å². The summed E-state index contributed by atoms with van der Waals surface area (Å²) in [6.45, 7) is 4.15. The van der Waals surface area contributed by atoms with Crippen molar-refractivity contribution in [3.05, 3.63) is 82.3 Å². The van der Waals surface area contributed by atoms with Crippen LogP contribution in [-0.2, 0) is 0 Å². The lowest BCUT2D eigenvalue weighted by Gasteiger charge is -2.12. The third-order valence-corrected chi connectivity index (χ3v) is 5.20. The molecule has 4 rings (SSSR count). The Morgan fingerprint density at radius 1 is 0.846 bits per heavy atom. The van der Waals surface area contributed by atoms with E-state index in [-0.39, 0.29) is 0 Å². The van der Waals surface area contributed by atoms with Gasteiger partial charge in [0.05, 0.1) is 5.52 Å². The summed E-state index contributed by atoms with van der Waals surface area (Å²) in [6.07, 6.45) is 0. The highest BCUT2D eigenvalue weighted by Crippen LogP contribution is 2.29. The molecule has 1 heterocycles. The zero-order valence-electron chi connectivity index (χ0n) is 14.6. The highest BCUT2D eigenvalue weighted by molar-refractivity contribution is 9.10. The van der Waals surface area contributed by atoms with E-state index in [1.807, 2.05) is 24.3 Å². The monoisotopic (exact) mass is 403 g/mol. The summed E-state index contributed by atoms with van der Waals surface area (Å²) in [5.41, 5.74) is 5.34. The molecule has 0 fully saturated rings. The number of para-hydroxylation sites is 1. The van der Waals surface area contributed by atoms with Gasteiger partial charge in [-0.15, -0.1) is 0 Å². The largest absolute Gasteiger partial charge is 0.340 e. The van der Waals surface area contributed by atoms with Gasteiger partial charge in [-0.25, -0.2) is 9.97 Å². The summed E-state index contributed by atoms with van der Waals surface area (Å²) < 4.78 is 1.07. The molecule has 0 saturated heterocycles. The molecule has 0 atom stereocenters. The van der Waals surface area contributed by atoms with Gasteiger partial charge in [-0.1, -0.05) is 64.0 Å². The van der Waals surface area contributed by atoms with Crippen molar-refractivity contribution < 1.29 is 0 Å². The molecular weight excluding hydrogens is 386 g/mol. The Kier molecular flexibility index (Phi) is 4.43. The maximum absolute atomic E-state index is 4.81. The average Bonchev–Trinajstić information content (AvgIpc) is 2.65. The van der Waals surface area contributed by atoms with Gasteiger partial charge < -0.3 is 5.32 Å². The Hall–Kier alpha value is -2.72. The molecule has 0 radical (unpaired) electrons. The molecule has 0 spiro atoms. The maximum Gasteiger partial charge on any atom is 0.162 e. The number of rotatable bonds is 3. The first-order valence-electron chi connectivity index (χ1n) is 8.47. The Morgan fingerprint density at radius 3 is 2.38 bits per heavy atom. The second kappa shape index (κ2) is 6.89. The molecule has 3 aromatic carbocycles. The van der Waals surface area contributed by atoms with Crippen LogP contribution in [0, 0.1) is 13.8 Å². The van der Waals surface area contributed by atoms with Gasteiger partial charge >= 0.3 is 0 Å². The van der Waals surface area contributed by atoms with Crippen molar-refractivity contribution in [3.8, 4) is 11.4 Å². The third kappa shape index (κ3) is 3.33. The number of halogens is 1. The maximum atomic E-state index is 4.81. The molecule has 0 aliphatic carbocycles. The van der Waals surface area contributed by atoms with Gasteiger partial charge in [0.15, 0.2) is 5.82 Å². The van der Waals surface area contributed by atoms with Crippen molar-refractivity contribution in [1.29, 1.82) is 0 Å². The zero-order chi connectivity index (χ0) is 18.1. The van der Waals surface area contributed by atoms with Crippen LogP contribution in [0.3, 0.4) is 0 Å². The van der Waals surface area contributed by atoms with Crippen molar-refractivity contribution in [2.45, 2.75) is 13.8 Å². The average molecular weight is 404 g/mol. The topological polar surface area (TPSA) is 37.8 Å². The second-order valence-corrected chi connectivity index (χ2v) is 7.22. The lowest BCUT2D eigenvalue weighted by Crippen LogP contribution is -1.99. The number of aromatic nitrogens is 2. The van der Waals surface area contributed by atoms with Gasteiger partial charge in [-0.3, -0.25) is 0 Å². The summed E-state index contributed by atoms with van der Waals surface area (Å²) in [5, 5.41) is 4.46. The van der Waals surface area contributed by atoms with E-state index in [9.17, 15) is 0 Å². The molecular formula is C22H18BrN3. The molecule has 128 valence electrons. The molecule has 4 heteroatoms. The summed E-state index contributed by atoms with van der Waals surface area (Å²) in [7, 11) is 0. The van der Waals surface area contributed by atoms with Gasteiger partial charge in [0.25, 0.3) is 0 Å². The van der Waals surface area contributed by atoms with Crippen molar-refractivity contribution in [3.63, 3.8) is 0 Å². The minimum absolute atomic E-state index is 0.720. The number of fused-ring (bicyclic) bond motifs is 1. The van der Waals surface area contributed by atoms with Crippen LogP contribution in [0.4, 0.5) is 11.5 Å². The first-order valence-corrected chi connectivity index (χ1v) is 9.26. The minimum Gasteiger partial charge on any atom is -0.340 e. The van der Waals surface area contributed by atoms with Crippen LogP contribution in [0.15, 0.2) is 71.2 Å². The molecule has 0 aliphatic rings. The fourth-order valence-electron chi connectivity index (χ4n) is 2.81. The molecule has 1 N–H and O–H groups in total. The Balaban J connectivity index is 1.84. The van der Waals surface area contributed by atoms with Crippen LogP contribution in [0.1, 0.15) is 11.1 Å². The van der Waals surface area contributed by atoms with E-state index >= 15 is 0 Å². The summed E-state index contributed by atoms with van der Waals surface area (Å²) in [6, 6.07) is 22.6. The van der Waals surface area contributed by atoms with Crippen LogP contribution in [0.5, 0.6) is 0 Å². The van der Waals surface area contributed by atoms with E-state index in [1.54, 1.807) is 0 Å². The number of hydrogen-bond donors (Lipinski definition) is 1. The molecule has 0 saturated carbocycles. The van der Waals surface area contributed by atoms with Crippen molar-refractivity contribution in [2.75, 3.05) is 5.32 Å². The predicted molar refractivity (Wildman–Crippen MR) is 112 cm³/mol. The summed E-state index contributed by atoms with van der Waals surface area (Å²) in [5.74, 6) is 1.53.